The summed E-state index contributed by atoms with van der Waals surface area (Å²) in [6.45, 7) is 0. The van der Waals surface area contributed by atoms with Crippen LogP contribution >= 0.6 is 0 Å². The fourth-order valence-electron chi connectivity index (χ4n) is 7.81. The van der Waals surface area contributed by atoms with E-state index in [9.17, 15) is 25.9 Å². The fourth-order valence-corrected chi connectivity index (χ4v) is 8.77. The second kappa shape index (κ2) is 13.8. The van der Waals surface area contributed by atoms with Gasteiger partial charge in [0.2, 0.25) is 0 Å². The minimum atomic E-state index is -4.41. The Morgan fingerprint density at radius 3 is 1.68 bits per heavy atom. The number of H-pyrrole nitrogens is 2. The summed E-state index contributed by atoms with van der Waals surface area (Å²) >= 11 is 0. The van der Waals surface area contributed by atoms with Crippen LogP contribution in [0.15, 0.2) is 172 Å². The molecule has 0 amide bonds. The van der Waals surface area contributed by atoms with Gasteiger partial charge in [-0.3, -0.25) is 9.11 Å². The second-order valence-electron chi connectivity index (χ2n) is 13.8. The van der Waals surface area contributed by atoms with Crippen molar-refractivity contribution in [1.82, 2.24) is 15.3 Å². The molecule has 0 spiro atoms. The Balaban J connectivity index is 1.35. The zero-order valence-corrected chi connectivity index (χ0v) is 31.3. The third kappa shape index (κ3) is 6.58. The Labute approximate surface area is 323 Å². The molecule has 1 atom stereocenters. The van der Waals surface area contributed by atoms with Crippen LogP contribution in [-0.4, -0.2) is 47.7 Å². The van der Waals surface area contributed by atoms with Gasteiger partial charge in [-0.2, -0.15) is 16.8 Å². The molecule has 5 heterocycles. The molecule has 8 bridgehead atoms. The maximum Gasteiger partial charge on any atom is 0.294 e. The molecule has 1 saturated heterocycles. The molecule has 0 saturated carbocycles. The van der Waals surface area contributed by atoms with E-state index in [-0.39, 0.29) is 15.8 Å². The first kappa shape index (κ1) is 35.4. The van der Waals surface area contributed by atoms with E-state index < -0.39 is 20.2 Å². The van der Waals surface area contributed by atoms with Crippen LogP contribution in [0.25, 0.3) is 22.3 Å². The van der Waals surface area contributed by atoms with Crippen LogP contribution in [0, 0.1) is 0 Å². The number of aromatic amines is 2. The number of nitrogens with zero attached hydrogens (tertiary/aromatic N) is 1. The second-order valence-corrected chi connectivity index (χ2v) is 16.6. The highest BCUT2D eigenvalue weighted by molar-refractivity contribution is 7.86. The van der Waals surface area contributed by atoms with E-state index in [1.54, 1.807) is 24.3 Å². The van der Waals surface area contributed by atoms with Gasteiger partial charge < -0.3 is 15.3 Å². The Kier molecular flexibility index (Phi) is 8.70. The van der Waals surface area contributed by atoms with Crippen molar-refractivity contribution in [3.63, 3.8) is 0 Å². The minimum absolute atomic E-state index is 0.204. The Morgan fingerprint density at radius 1 is 0.536 bits per heavy atom. The lowest BCUT2D eigenvalue weighted by Crippen LogP contribution is -2.29. The Morgan fingerprint density at radius 2 is 1.07 bits per heavy atom. The first-order valence-electron chi connectivity index (χ1n) is 17.9. The van der Waals surface area contributed by atoms with Crippen LogP contribution in [-0.2, 0) is 20.2 Å². The molecule has 278 valence electrons. The highest BCUT2D eigenvalue weighted by Gasteiger charge is 2.29. The number of fused-ring (bicyclic) bond motifs is 7. The Bertz CT molecular complexity index is 3010. The van der Waals surface area contributed by atoms with Gasteiger partial charge in [0.15, 0.2) is 0 Å². The first-order chi connectivity index (χ1) is 27.0. The summed E-state index contributed by atoms with van der Waals surface area (Å²) in [7, 11) is -8.82. The first-order valence-corrected chi connectivity index (χ1v) is 20.8. The van der Waals surface area contributed by atoms with Crippen molar-refractivity contribution >= 4 is 48.2 Å². The summed E-state index contributed by atoms with van der Waals surface area (Å²) in [6.07, 6.45) is 5.34. The number of rotatable bonds is 6. The number of hydrogen-bond donors (Lipinski definition) is 5. The van der Waals surface area contributed by atoms with E-state index in [0.29, 0.717) is 12.8 Å². The molecule has 1 unspecified atom stereocenters. The topological polar surface area (TPSA) is 165 Å². The average Bonchev–Trinajstić information content (AvgIpc) is 4.03. The van der Waals surface area contributed by atoms with E-state index in [0.717, 1.165) is 83.7 Å². The van der Waals surface area contributed by atoms with E-state index in [4.69, 9.17) is 4.99 Å². The third-order valence-electron chi connectivity index (χ3n) is 10.3. The predicted octanol–water partition coefficient (Wildman–Crippen LogP) is 6.23. The summed E-state index contributed by atoms with van der Waals surface area (Å²) in [5.74, 6) is 0. The normalized spacial score (nSPS) is 21.5. The van der Waals surface area contributed by atoms with E-state index in [1.807, 2.05) is 72.8 Å². The predicted molar refractivity (Wildman–Crippen MR) is 216 cm³/mol. The zero-order chi connectivity index (χ0) is 38.6. The van der Waals surface area contributed by atoms with Crippen LogP contribution in [0.3, 0.4) is 0 Å². The summed E-state index contributed by atoms with van der Waals surface area (Å²) in [6, 6.07) is 40.3. The lowest BCUT2D eigenvalue weighted by molar-refractivity contribution is 0.481. The van der Waals surface area contributed by atoms with Gasteiger partial charge >= 0.3 is 0 Å². The molecule has 2 aromatic heterocycles. The largest absolute Gasteiger partial charge is 0.381 e. The van der Waals surface area contributed by atoms with Crippen molar-refractivity contribution in [3.05, 3.63) is 201 Å². The van der Waals surface area contributed by atoms with Crippen LogP contribution in [0.4, 0.5) is 0 Å². The van der Waals surface area contributed by atoms with Crippen LogP contribution in [0.1, 0.15) is 46.5 Å². The van der Waals surface area contributed by atoms with Crippen molar-refractivity contribution < 1.29 is 25.9 Å². The molecule has 5 N–H and O–H groups in total. The van der Waals surface area contributed by atoms with E-state index in [2.05, 4.69) is 39.6 Å². The van der Waals surface area contributed by atoms with Crippen molar-refractivity contribution in [2.75, 3.05) is 0 Å². The van der Waals surface area contributed by atoms with Gasteiger partial charge in [0.05, 0.1) is 27.2 Å². The van der Waals surface area contributed by atoms with Crippen LogP contribution in [0.5, 0.6) is 0 Å². The van der Waals surface area contributed by atoms with Gasteiger partial charge in [-0.25, -0.2) is 4.99 Å². The van der Waals surface area contributed by atoms with Gasteiger partial charge in [-0.15, -0.1) is 0 Å². The molecule has 1 fully saturated rings. The summed E-state index contributed by atoms with van der Waals surface area (Å²) in [5.41, 5.74) is 11.0. The molecule has 0 aliphatic carbocycles. The molecule has 56 heavy (non-hydrogen) atoms. The molecule has 3 aliphatic heterocycles. The summed E-state index contributed by atoms with van der Waals surface area (Å²) in [5, 5.41) is 5.43. The van der Waals surface area contributed by atoms with Crippen molar-refractivity contribution in [2.24, 2.45) is 4.99 Å². The lowest BCUT2D eigenvalue weighted by atomic mass is 9.96. The van der Waals surface area contributed by atoms with Gasteiger partial charge in [-0.1, -0.05) is 84.9 Å². The van der Waals surface area contributed by atoms with E-state index >= 15 is 0 Å². The standard InChI is InChI=1S/C44H34N4O6S2/c49-55(50,51)31-15-11-29(12-16-31)43-37-23-21-35(46-37)41(27-7-3-1-4-8-27)33-19-20-34(45-33)42(28-9-5-2-6-10-28)36-22-24-38(47-36)44(40-26-25-39(43)48-40)30-13-17-32(18-14-30)56(52,53)54/h1-24,39,46-48H,25-26H2,(H,49,50,51)(H,52,53,54)/b41-35-,42-34-,43-37-,44-40-. The monoisotopic (exact) mass is 778 g/mol. The summed E-state index contributed by atoms with van der Waals surface area (Å²) in [4.78, 5) is 12.2. The third-order valence-corrected chi connectivity index (χ3v) is 12.1. The molecular weight excluding hydrogens is 745 g/mol. The molecule has 3 aliphatic rings. The highest BCUT2D eigenvalue weighted by atomic mass is 32.2. The quantitative estimate of drug-likeness (QED) is 0.125. The zero-order valence-electron chi connectivity index (χ0n) is 29.6. The fraction of sp³-hybridized carbons (Fsp3) is 0.0682. The van der Waals surface area contributed by atoms with Crippen molar-refractivity contribution in [1.29, 1.82) is 0 Å². The SMILES string of the molecule is O=S(=O)(O)c1ccc(/C2=C3\CCC(N3)/C(c3ccc(S(=O)(=O)O)cc3)=c3/cc/c([nH]3)=C(\c3ccccc3)C3=N/C(=C(/c4ccccc4)c4ccc2[nH]4)C=C3)cc1. The molecule has 10 nitrogen and oxygen atoms in total. The number of aliphatic imine (C=N–C) groups is 1. The lowest BCUT2D eigenvalue weighted by Gasteiger charge is -2.19. The highest BCUT2D eigenvalue weighted by Crippen LogP contribution is 2.37. The Hall–Kier alpha value is -6.31. The summed E-state index contributed by atoms with van der Waals surface area (Å²) < 4.78 is 67.5. The van der Waals surface area contributed by atoms with Gasteiger partial charge in [0, 0.05) is 50.1 Å². The number of allylic oxidation sites excluding steroid dienone is 3. The number of benzene rings is 4. The maximum absolute atomic E-state index is 12.0. The number of nitrogens with one attached hydrogen (secondary N) is 3. The molecular formula is C44H34N4O6S2. The smallest absolute Gasteiger partial charge is 0.294 e. The van der Waals surface area contributed by atoms with Crippen LogP contribution < -0.4 is 16.0 Å². The molecule has 4 aromatic carbocycles. The molecule has 9 rings (SSSR count). The van der Waals surface area contributed by atoms with Gasteiger partial charge in [0.1, 0.15) is 0 Å². The molecule has 12 heteroatoms. The molecule has 0 radical (unpaired) electrons. The van der Waals surface area contributed by atoms with Crippen LogP contribution in [0.2, 0.25) is 0 Å². The average molecular weight is 779 g/mol. The number of hydrogen-bond acceptors (Lipinski definition) is 6. The number of aromatic nitrogens is 2. The van der Waals surface area contributed by atoms with Crippen molar-refractivity contribution in [2.45, 2.75) is 28.7 Å². The van der Waals surface area contributed by atoms with Crippen molar-refractivity contribution in [3.8, 4) is 0 Å². The van der Waals surface area contributed by atoms with Gasteiger partial charge in [-0.05, 0) is 95.8 Å². The van der Waals surface area contributed by atoms with E-state index in [1.165, 1.54) is 24.3 Å². The van der Waals surface area contributed by atoms with Gasteiger partial charge in [0.25, 0.3) is 20.2 Å². The minimum Gasteiger partial charge on any atom is -0.381 e. The maximum atomic E-state index is 12.0. The molecule has 6 aromatic rings.